The van der Waals surface area contributed by atoms with Crippen LogP contribution in [0.5, 0.6) is 0 Å². The van der Waals surface area contributed by atoms with E-state index in [0.29, 0.717) is 4.34 Å². The van der Waals surface area contributed by atoms with Gasteiger partial charge in [-0.15, -0.1) is 11.3 Å². The highest BCUT2D eigenvalue weighted by molar-refractivity contribution is 7.85. The second-order valence-corrected chi connectivity index (χ2v) is 7.68. The quantitative estimate of drug-likeness (QED) is 0.864. The van der Waals surface area contributed by atoms with Gasteiger partial charge in [-0.2, -0.15) is 0 Å². The normalized spacial score (nSPS) is 14.3. The van der Waals surface area contributed by atoms with E-state index < -0.39 is 11.0 Å². The first-order chi connectivity index (χ1) is 8.43. The first kappa shape index (κ1) is 13.6. The van der Waals surface area contributed by atoms with Gasteiger partial charge < -0.3 is 0 Å². The van der Waals surface area contributed by atoms with Gasteiger partial charge in [0.05, 0.1) is 10.2 Å². The van der Waals surface area contributed by atoms with Crippen molar-refractivity contribution in [1.82, 2.24) is 9.29 Å². The minimum atomic E-state index is -1.18. The van der Waals surface area contributed by atoms with E-state index >= 15 is 0 Å². The highest BCUT2D eigenvalue weighted by atomic mass is 32.2. The van der Waals surface area contributed by atoms with E-state index in [0.717, 1.165) is 16.8 Å². The lowest BCUT2D eigenvalue weighted by atomic mass is 10.1. The third-order valence-electron chi connectivity index (χ3n) is 2.66. The maximum absolute atomic E-state index is 12.6. The van der Waals surface area contributed by atoms with Crippen LogP contribution >= 0.6 is 11.3 Å². The number of rotatable bonds is 3. The number of hydrogen-bond donors (Lipinski definition) is 0. The Kier molecular flexibility index (Phi) is 3.84. The van der Waals surface area contributed by atoms with Crippen molar-refractivity contribution in [3.05, 3.63) is 24.3 Å². The molecule has 1 aromatic carbocycles. The number of thiazole rings is 1. The van der Waals surface area contributed by atoms with Gasteiger partial charge in [-0.1, -0.05) is 19.1 Å². The van der Waals surface area contributed by atoms with Crippen LogP contribution in [-0.2, 0) is 11.0 Å². The lowest BCUT2D eigenvalue weighted by Gasteiger charge is -2.32. The van der Waals surface area contributed by atoms with Crippen LogP contribution in [0.4, 0.5) is 0 Å². The molecule has 0 amide bonds. The van der Waals surface area contributed by atoms with Gasteiger partial charge in [0.1, 0.15) is 0 Å². The first-order valence-corrected chi connectivity index (χ1v) is 7.91. The molecule has 0 aliphatic carbocycles. The van der Waals surface area contributed by atoms with Crippen LogP contribution in [0.25, 0.3) is 10.2 Å². The fourth-order valence-electron chi connectivity index (χ4n) is 1.86. The molecule has 1 atom stereocenters. The van der Waals surface area contributed by atoms with Crippen LogP contribution in [0.2, 0.25) is 0 Å². The van der Waals surface area contributed by atoms with Crippen molar-refractivity contribution in [2.45, 2.75) is 37.6 Å². The van der Waals surface area contributed by atoms with Crippen molar-refractivity contribution in [2.75, 3.05) is 6.54 Å². The third kappa shape index (κ3) is 2.63. The van der Waals surface area contributed by atoms with Crippen LogP contribution in [0.1, 0.15) is 27.7 Å². The zero-order valence-electron chi connectivity index (χ0n) is 11.1. The minimum absolute atomic E-state index is 0.128. The Hall–Kier alpha value is -0.780. The minimum Gasteiger partial charge on any atom is -0.235 e. The Morgan fingerprint density at radius 3 is 2.56 bits per heavy atom. The Morgan fingerprint density at radius 1 is 1.33 bits per heavy atom. The van der Waals surface area contributed by atoms with Gasteiger partial charge >= 0.3 is 0 Å². The molecule has 2 rings (SSSR count). The molecule has 0 spiro atoms. The lowest BCUT2D eigenvalue weighted by molar-refractivity contribution is 0.273. The van der Waals surface area contributed by atoms with Gasteiger partial charge in [0.15, 0.2) is 15.3 Å². The molecular formula is C13H18N2OS2. The van der Waals surface area contributed by atoms with Crippen LogP contribution in [0, 0.1) is 0 Å². The van der Waals surface area contributed by atoms with Crippen molar-refractivity contribution in [1.29, 1.82) is 0 Å². The summed E-state index contributed by atoms with van der Waals surface area (Å²) in [5, 5.41) is 0. The van der Waals surface area contributed by atoms with E-state index in [1.807, 2.05) is 35.5 Å². The molecule has 0 aliphatic heterocycles. The SMILES string of the molecule is CCN(S(=O)c1nc2ccccc2s1)C(C)(C)C. The molecule has 0 radical (unpaired) electrons. The summed E-state index contributed by atoms with van der Waals surface area (Å²) in [5.41, 5.74) is 0.799. The summed E-state index contributed by atoms with van der Waals surface area (Å²) in [6.07, 6.45) is 0. The standard InChI is InChI=1S/C13H18N2OS2/c1-5-15(13(2,3)4)18(16)12-14-10-8-6-7-9-11(10)17-12/h6-9H,5H2,1-4H3. The van der Waals surface area contributed by atoms with E-state index in [2.05, 4.69) is 25.8 Å². The molecule has 0 fully saturated rings. The topological polar surface area (TPSA) is 33.2 Å². The Labute approximate surface area is 114 Å². The van der Waals surface area contributed by atoms with Gasteiger partial charge in [0.25, 0.3) is 0 Å². The van der Waals surface area contributed by atoms with E-state index in [-0.39, 0.29) is 5.54 Å². The zero-order valence-corrected chi connectivity index (χ0v) is 12.8. The van der Waals surface area contributed by atoms with Crippen LogP contribution in [0.3, 0.4) is 0 Å². The third-order valence-corrected chi connectivity index (χ3v) is 5.76. The summed E-state index contributed by atoms with van der Waals surface area (Å²) in [6.45, 7) is 8.98. The average molecular weight is 282 g/mol. The maximum Gasteiger partial charge on any atom is 0.197 e. The number of fused-ring (bicyclic) bond motifs is 1. The molecule has 0 bridgehead atoms. The molecule has 2 aromatic rings. The van der Waals surface area contributed by atoms with E-state index in [4.69, 9.17) is 0 Å². The Balaban J connectivity index is 2.38. The van der Waals surface area contributed by atoms with Gasteiger partial charge in [-0.05, 0) is 32.9 Å². The van der Waals surface area contributed by atoms with E-state index in [9.17, 15) is 4.21 Å². The van der Waals surface area contributed by atoms with Crippen molar-refractivity contribution < 1.29 is 4.21 Å². The van der Waals surface area contributed by atoms with Crippen molar-refractivity contribution in [3.63, 3.8) is 0 Å². The van der Waals surface area contributed by atoms with E-state index in [1.165, 1.54) is 11.3 Å². The Morgan fingerprint density at radius 2 is 2.00 bits per heavy atom. The van der Waals surface area contributed by atoms with Crippen molar-refractivity contribution in [2.24, 2.45) is 0 Å². The summed E-state index contributed by atoms with van der Waals surface area (Å²) in [5.74, 6) is 0. The highest BCUT2D eigenvalue weighted by Gasteiger charge is 2.27. The monoisotopic (exact) mass is 282 g/mol. The van der Waals surface area contributed by atoms with Gasteiger partial charge in [-0.3, -0.25) is 0 Å². The summed E-state index contributed by atoms with van der Waals surface area (Å²) in [6, 6.07) is 7.91. The predicted molar refractivity (Wildman–Crippen MR) is 78.2 cm³/mol. The molecule has 1 aromatic heterocycles. The molecule has 0 saturated heterocycles. The molecule has 3 nitrogen and oxygen atoms in total. The number of benzene rings is 1. The lowest BCUT2D eigenvalue weighted by Crippen LogP contribution is -2.42. The first-order valence-electron chi connectivity index (χ1n) is 5.98. The van der Waals surface area contributed by atoms with Crippen molar-refractivity contribution in [3.8, 4) is 0 Å². The summed E-state index contributed by atoms with van der Waals surface area (Å²) < 4.78 is 16.3. The number of nitrogens with zero attached hydrogens (tertiary/aromatic N) is 2. The van der Waals surface area contributed by atoms with Gasteiger partial charge in [-0.25, -0.2) is 13.5 Å². The average Bonchev–Trinajstić information content (AvgIpc) is 2.71. The van der Waals surface area contributed by atoms with E-state index in [1.54, 1.807) is 0 Å². The summed E-state index contributed by atoms with van der Waals surface area (Å²) in [7, 11) is -1.18. The smallest absolute Gasteiger partial charge is 0.197 e. The fraction of sp³-hybridized carbons (Fsp3) is 0.462. The number of aromatic nitrogens is 1. The van der Waals surface area contributed by atoms with Crippen LogP contribution in [-0.4, -0.2) is 25.6 Å². The largest absolute Gasteiger partial charge is 0.235 e. The highest BCUT2D eigenvalue weighted by Crippen LogP contribution is 2.27. The molecule has 1 unspecified atom stereocenters. The van der Waals surface area contributed by atoms with Crippen molar-refractivity contribution >= 4 is 32.5 Å². The summed E-state index contributed by atoms with van der Waals surface area (Å²) in [4.78, 5) is 4.47. The fourth-order valence-corrected chi connectivity index (χ4v) is 4.48. The zero-order chi connectivity index (χ0) is 13.3. The number of para-hydroxylation sites is 1. The Bertz CT molecular complexity index is 539. The van der Waals surface area contributed by atoms with Crippen LogP contribution < -0.4 is 0 Å². The van der Waals surface area contributed by atoms with Gasteiger partial charge in [0, 0.05) is 12.1 Å². The van der Waals surface area contributed by atoms with Crippen LogP contribution in [0.15, 0.2) is 28.6 Å². The summed E-state index contributed by atoms with van der Waals surface area (Å²) >= 11 is 1.51. The molecule has 0 aliphatic rings. The molecular weight excluding hydrogens is 264 g/mol. The second kappa shape index (κ2) is 5.07. The second-order valence-electron chi connectivity index (χ2n) is 5.06. The molecule has 98 valence electrons. The number of hydrogen-bond acceptors (Lipinski definition) is 3. The maximum atomic E-state index is 12.6. The molecule has 5 heteroatoms. The molecule has 0 N–H and O–H groups in total. The predicted octanol–water partition coefficient (Wildman–Crippen LogP) is 3.44. The molecule has 18 heavy (non-hydrogen) atoms. The molecule has 1 heterocycles. The van der Waals surface area contributed by atoms with Gasteiger partial charge in [0.2, 0.25) is 0 Å². The molecule has 0 saturated carbocycles.